The fourth-order valence-corrected chi connectivity index (χ4v) is 5.19. The number of alkyl halides is 3. The van der Waals surface area contributed by atoms with Gasteiger partial charge < -0.3 is 14.2 Å². The van der Waals surface area contributed by atoms with Gasteiger partial charge in [-0.3, -0.25) is 4.79 Å². The molecule has 0 spiro atoms. The van der Waals surface area contributed by atoms with E-state index in [1.807, 2.05) is 0 Å². The summed E-state index contributed by atoms with van der Waals surface area (Å²) >= 11 is 0. The van der Waals surface area contributed by atoms with Crippen LogP contribution in [0.15, 0.2) is 56.4 Å². The highest BCUT2D eigenvalue weighted by molar-refractivity contribution is 7.90. The number of amidine groups is 1. The molecule has 1 fully saturated rings. The van der Waals surface area contributed by atoms with Crippen LogP contribution in [0.5, 0.6) is 0 Å². The maximum Gasteiger partial charge on any atom is 0.406 e. The van der Waals surface area contributed by atoms with Crippen molar-refractivity contribution in [3.63, 3.8) is 0 Å². The quantitative estimate of drug-likeness (QED) is 0.708. The third kappa shape index (κ3) is 4.60. The van der Waals surface area contributed by atoms with Gasteiger partial charge in [0, 0.05) is 18.7 Å². The second kappa shape index (κ2) is 8.03. The molecule has 166 valence electrons. The van der Waals surface area contributed by atoms with Gasteiger partial charge in [0.25, 0.3) is 10.0 Å². The Morgan fingerprint density at radius 1 is 1.23 bits per heavy atom. The maximum absolute atomic E-state index is 13.1. The molecule has 4 rings (SSSR count). The average molecular weight is 455 g/mol. The van der Waals surface area contributed by atoms with Crippen molar-refractivity contribution < 1.29 is 30.8 Å². The summed E-state index contributed by atoms with van der Waals surface area (Å²) in [6.45, 7) is -1.13. The van der Waals surface area contributed by atoms with E-state index < -0.39 is 34.6 Å². The van der Waals surface area contributed by atoms with Gasteiger partial charge in [0.2, 0.25) is 5.91 Å². The number of carbonyl (C=O) groups excluding carboxylic acids is 1. The van der Waals surface area contributed by atoms with Crippen LogP contribution in [0.1, 0.15) is 24.2 Å². The van der Waals surface area contributed by atoms with Crippen LogP contribution >= 0.6 is 0 Å². The number of halogens is 3. The van der Waals surface area contributed by atoms with E-state index in [0.717, 1.165) is 4.90 Å². The zero-order valence-corrected chi connectivity index (χ0v) is 17.2. The van der Waals surface area contributed by atoms with Crippen LogP contribution in [0, 0.1) is 5.92 Å². The molecule has 2 aliphatic rings. The lowest BCUT2D eigenvalue weighted by Crippen LogP contribution is -2.48. The number of piperidine rings is 1. The second-order valence-corrected chi connectivity index (χ2v) is 9.13. The number of fused-ring (bicyclic) bond motifs is 1. The number of benzene rings is 1. The molecule has 1 amide bonds. The van der Waals surface area contributed by atoms with E-state index in [4.69, 9.17) is 4.42 Å². The third-order valence-electron chi connectivity index (χ3n) is 5.29. The molecule has 11 heteroatoms. The normalized spacial score (nSPS) is 20.3. The molecule has 7 nitrogen and oxygen atoms in total. The van der Waals surface area contributed by atoms with E-state index in [1.54, 1.807) is 29.2 Å². The molecule has 0 saturated carbocycles. The van der Waals surface area contributed by atoms with Crippen molar-refractivity contribution in [3.8, 4) is 0 Å². The molecule has 0 N–H and O–H groups in total. The Morgan fingerprint density at radius 3 is 2.71 bits per heavy atom. The zero-order chi connectivity index (χ0) is 22.2. The van der Waals surface area contributed by atoms with Crippen LogP contribution in [0.25, 0.3) is 0 Å². The van der Waals surface area contributed by atoms with Crippen molar-refractivity contribution in [1.29, 1.82) is 0 Å². The molecular formula is C20H20F3N3O4S. The highest BCUT2D eigenvalue weighted by Crippen LogP contribution is 2.30. The Hall–Kier alpha value is -2.82. The first kappa shape index (κ1) is 21.4. The standard InChI is InChI=1S/C20H20F3N3O4S/c21-20(22,23)13-26(12-15-6-4-10-30-15)19(27)14-5-3-9-25(11-14)18-16-7-1-2-8-17(16)31(28,29)24-18/h1-2,4,6-8,10,14H,3,5,9,11-13H2. The Kier molecular flexibility index (Phi) is 5.54. The molecule has 3 heterocycles. The lowest BCUT2D eigenvalue weighted by Gasteiger charge is -2.36. The number of hydrogen-bond donors (Lipinski definition) is 0. The lowest BCUT2D eigenvalue weighted by atomic mass is 9.95. The highest BCUT2D eigenvalue weighted by atomic mass is 32.2. The summed E-state index contributed by atoms with van der Waals surface area (Å²) in [7, 11) is -3.83. The minimum Gasteiger partial charge on any atom is -0.467 e. The molecule has 1 unspecified atom stereocenters. The fourth-order valence-electron chi connectivity index (χ4n) is 3.96. The van der Waals surface area contributed by atoms with E-state index in [9.17, 15) is 26.4 Å². The minimum atomic E-state index is -4.56. The van der Waals surface area contributed by atoms with E-state index >= 15 is 0 Å². The van der Waals surface area contributed by atoms with Gasteiger partial charge in [0.05, 0.1) is 18.7 Å². The Labute approximate surface area is 177 Å². The molecule has 1 atom stereocenters. The van der Waals surface area contributed by atoms with Crippen LogP contribution in [0.3, 0.4) is 0 Å². The van der Waals surface area contributed by atoms with Gasteiger partial charge in [-0.05, 0) is 37.1 Å². The summed E-state index contributed by atoms with van der Waals surface area (Å²) in [6, 6.07) is 9.44. The number of sulfonamides is 1. The number of likely N-dealkylation sites (tertiary alicyclic amines) is 1. The summed E-state index contributed by atoms with van der Waals surface area (Å²) < 4.78 is 73.0. The van der Waals surface area contributed by atoms with Gasteiger partial charge in [0.1, 0.15) is 17.2 Å². The van der Waals surface area contributed by atoms with Crippen molar-refractivity contribution in [2.45, 2.75) is 30.5 Å². The summed E-state index contributed by atoms with van der Waals surface area (Å²) in [5.74, 6) is -0.871. The monoisotopic (exact) mass is 455 g/mol. The third-order valence-corrected chi connectivity index (χ3v) is 6.62. The molecule has 2 aromatic rings. The summed E-state index contributed by atoms with van der Waals surface area (Å²) in [6.07, 6.45) is -2.29. The maximum atomic E-state index is 13.1. The lowest BCUT2D eigenvalue weighted by molar-refractivity contribution is -0.166. The number of hydrogen-bond acceptors (Lipinski definition) is 5. The Bertz CT molecular complexity index is 1100. The Morgan fingerprint density at radius 2 is 2.00 bits per heavy atom. The van der Waals surface area contributed by atoms with Crippen LogP contribution in [-0.4, -0.2) is 55.8 Å². The van der Waals surface area contributed by atoms with Gasteiger partial charge in [-0.15, -0.1) is 4.40 Å². The van der Waals surface area contributed by atoms with Gasteiger partial charge in [-0.2, -0.15) is 21.6 Å². The summed E-state index contributed by atoms with van der Waals surface area (Å²) in [4.78, 5) is 15.5. The van der Waals surface area contributed by atoms with Crippen molar-refractivity contribution in [3.05, 3.63) is 54.0 Å². The van der Waals surface area contributed by atoms with Gasteiger partial charge >= 0.3 is 6.18 Å². The average Bonchev–Trinajstić information content (AvgIpc) is 3.32. The number of rotatable bonds is 4. The molecule has 1 aromatic heterocycles. The van der Waals surface area contributed by atoms with Crippen LogP contribution in [0.2, 0.25) is 0 Å². The molecular weight excluding hydrogens is 435 g/mol. The molecule has 1 saturated heterocycles. The predicted molar refractivity (Wildman–Crippen MR) is 105 cm³/mol. The molecule has 0 bridgehead atoms. The van der Waals surface area contributed by atoms with Crippen molar-refractivity contribution >= 4 is 21.8 Å². The van der Waals surface area contributed by atoms with E-state index in [1.165, 1.54) is 18.4 Å². The van der Waals surface area contributed by atoms with E-state index in [-0.39, 0.29) is 29.6 Å². The zero-order valence-electron chi connectivity index (χ0n) is 16.4. The number of carbonyl (C=O) groups is 1. The molecule has 0 radical (unpaired) electrons. The fraction of sp³-hybridized carbons (Fsp3) is 0.400. The van der Waals surface area contributed by atoms with Crippen LogP contribution in [0.4, 0.5) is 13.2 Å². The Balaban J connectivity index is 1.55. The SMILES string of the molecule is O=C(C1CCCN(C2=NS(=O)(=O)c3ccccc32)C1)N(Cc1ccco1)CC(F)(F)F. The first-order valence-corrected chi connectivity index (χ1v) is 11.2. The number of amides is 1. The second-order valence-electron chi connectivity index (χ2n) is 7.56. The topological polar surface area (TPSA) is 83.2 Å². The van der Waals surface area contributed by atoms with Crippen molar-refractivity contribution in [1.82, 2.24) is 9.80 Å². The smallest absolute Gasteiger partial charge is 0.406 e. The molecule has 2 aliphatic heterocycles. The van der Waals surface area contributed by atoms with Crippen LogP contribution in [-0.2, 0) is 21.4 Å². The van der Waals surface area contributed by atoms with Gasteiger partial charge in [-0.1, -0.05) is 12.1 Å². The first-order chi connectivity index (χ1) is 14.6. The van der Waals surface area contributed by atoms with Crippen molar-refractivity contribution in [2.75, 3.05) is 19.6 Å². The molecule has 31 heavy (non-hydrogen) atoms. The minimum absolute atomic E-state index is 0.0913. The van der Waals surface area contributed by atoms with E-state index in [0.29, 0.717) is 24.9 Å². The van der Waals surface area contributed by atoms with Gasteiger partial charge in [0.15, 0.2) is 5.84 Å². The van der Waals surface area contributed by atoms with E-state index in [2.05, 4.69) is 4.40 Å². The highest BCUT2D eigenvalue weighted by Gasteiger charge is 2.39. The molecule has 1 aromatic carbocycles. The van der Waals surface area contributed by atoms with Crippen molar-refractivity contribution in [2.24, 2.45) is 10.3 Å². The largest absolute Gasteiger partial charge is 0.467 e. The first-order valence-electron chi connectivity index (χ1n) is 9.71. The number of nitrogens with zero attached hydrogens (tertiary/aromatic N) is 3. The number of furan rings is 1. The summed E-state index contributed by atoms with van der Waals surface area (Å²) in [5.41, 5.74) is 0.443. The van der Waals surface area contributed by atoms with Gasteiger partial charge in [-0.25, -0.2) is 0 Å². The summed E-state index contributed by atoms with van der Waals surface area (Å²) in [5, 5.41) is 0. The van der Waals surface area contributed by atoms with Crippen LogP contribution < -0.4 is 0 Å². The predicted octanol–water partition coefficient (Wildman–Crippen LogP) is 3.03. The molecule has 0 aliphatic carbocycles.